The Morgan fingerprint density at radius 1 is 1.02 bits per heavy atom. The highest BCUT2D eigenvalue weighted by atomic mass is 32.1. The van der Waals surface area contributed by atoms with Gasteiger partial charge in [0, 0.05) is 53.9 Å². The summed E-state index contributed by atoms with van der Waals surface area (Å²) in [5, 5.41) is 5.54. The van der Waals surface area contributed by atoms with Gasteiger partial charge in [-0.2, -0.15) is 13.2 Å². The first-order chi connectivity index (χ1) is 20.6. The number of para-hydroxylation sites is 1. The van der Waals surface area contributed by atoms with Crippen LogP contribution in [0.4, 0.5) is 18.9 Å². The highest BCUT2D eigenvalue weighted by Crippen LogP contribution is 2.36. The Morgan fingerprint density at radius 2 is 1.70 bits per heavy atom. The predicted molar refractivity (Wildman–Crippen MR) is 164 cm³/mol. The minimum atomic E-state index is -4.30. The SMILES string of the molecule is CCC(=O)N1CCC(c2nc(C(=O)Nc3ccccc3-c3ccc(C(C)C(F)(F)F)cc3)cs2)CC1.Cc1ccccn1. The highest BCUT2D eigenvalue weighted by molar-refractivity contribution is 7.10. The van der Waals surface area contributed by atoms with Crippen molar-refractivity contribution in [3.8, 4) is 11.1 Å². The second-order valence-electron chi connectivity index (χ2n) is 10.4. The van der Waals surface area contributed by atoms with E-state index in [0.717, 1.165) is 30.5 Å². The van der Waals surface area contributed by atoms with Gasteiger partial charge >= 0.3 is 6.18 Å². The van der Waals surface area contributed by atoms with Crippen LogP contribution in [0.5, 0.6) is 0 Å². The molecule has 2 aromatic carbocycles. The number of aryl methyl sites for hydroxylation is 1. The third kappa shape index (κ3) is 8.50. The van der Waals surface area contributed by atoms with Gasteiger partial charge in [0.05, 0.1) is 10.9 Å². The molecule has 0 aliphatic carbocycles. The maximum absolute atomic E-state index is 13.0. The largest absolute Gasteiger partial charge is 0.395 e. The number of aromatic nitrogens is 2. The van der Waals surface area contributed by atoms with Crippen molar-refractivity contribution in [2.24, 2.45) is 0 Å². The summed E-state index contributed by atoms with van der Waals surface area (Å²) in [7, 11) is 0. The Bertz CT molecular complexity index is 1500. The van der Waals surface area contributed by atoms with Gasteiger partial charge in [-0.05, 0) is 56.0 Å². The van der Waals surface area contributed by atoms with E-state index >= 15 is 0 Å². The zero-order valence-electron chi connectivity index (χ0n) is 24.4. The second-order valence-corrected chi connectivity index (χ2v) is 11.3. The monoisotopic (exact) mass is 608 g/mol. The molecule has 2 amide bonds. The van der Waals surface area contributed by atoms with E-state index in [2.05, 4.69) is 15.3 Å². The van der Waals surface area contributed by atoms with Crippen LogP contribution in [0, 0.1) is 6.92 Å². The number of pyridine rings is 1. The summed E-state index contributed by atoms with van der Waals surface area (Å²) in [4.78, 5) is 35.3. The van der Waals surface area contributed by atoms with Crippen molar-refractivity contribution < 1.29 is 22.8 Å². The summed E-state index contributed by atoms with van der Waals surface area (Å²) in [5.41, 5.74) is 3.55. The molecule has 0 radical (unpaired) electrons. The van der Waals surface area contributed by atoms with Crippen molar-refractivity contribution in [3.63, 3.8) is 0 Å². The van der Waals surface area contributed by atoms with Crippen molar-refractivity contribution >= 4 is 28.8 Å². The molecule has 43 heavy (non-hydrogen) atoms. The second kappa shape index (κ2) is 14.4. The number of rotatable bonds is 6. The maximum Gasteiger partial charge on any atom is 0.395 e. The fourth-order valence-corrected chi connectivity index (χ4v) is 5.77. The fraction of sp³-hybridized carbons (Fsp3) is 0.333. The molecule has 10 heteroatoms. The number of amides is 2. The van der Waals surface area contributed by atoms with Crippen molar-refractivity contribution in [2.45, 2.75) is 58.0 Å². The van der Waals surface area contributed by atoms with E-state index in [0.29, 0.717) is 42.0 Å². The molecule has 0 spiro atoms. The molecule has 0 saturated carbocycles. The predicted octanol–water partition coefficient (Wildman–Crippen LogP) is 8.23. The van der Waals surface area contributed by atoms with Crippen LogP contribution in [0.2, 0.25) is 0 Å². The van der Waals surface area contributed by atoms with Crippen molar-refractivity contribution in [3.05, 3.63) is 100 Å². The third-order valence-corrected chi connectivity index (χ3v) is 8.46. The van der Waals surface area contributed by atoms with Crippen molar-refractivity contribution in [1.29, 1.82) is 0 Å². The Labute approximate surface area is 254 Å². The number of carbonyl (C=O) groups excluding carboxylic acids is 2. The van der Waals surface area contributed by atoms with Gasteiger partial charge in [-0.1, -0.05) is 55.5 Å². The fourth-order valence-electron chi connectivity index (χ4n) is 4.80. The Morgan fingerprint density at radius 3 is 2.28 bits per heavy atom. The average molecular weight is 609 g/mol. The van der Waals surface area contributed by atoms with Gasteiger partial charge < -0.3 is 10.2 Å². The number of nitrogens with one attached hydrogen (secondary N) is 1. The summed E-state index contributed by atoms with van der Waals surface area (Å²) < 4.78 is 39.1. The van der Waals surface area contributed by atoms with Crippen LogP contribution in [0.25, 0.3) is 11.1 Å². The lowest BCUT2D eigenvalue weighted by Gasteiger charge is -2.30. The number of piperidine rings is 1. The smallest absolute Gasteiger partial charge is 0.343 e. The Hall–Kier alpha value is -4.05. The molecule has 0 bridgehead atoms. The Balaban J connectivity index is 0.000000530. The molecule has 6 nitrogen and oxygen atoms in total. The third-order valence-electron chi connectivity index (χ3n) is 7.45. The molecular formula is C33H35F3N4O2S. The van der Waals surface area contributed by atoms with Gasteiger partial charge in [0.2, 0.25) is 5.91 Å². The number of thiazole rings is 1. The molecule has 5 rings (SSSR count). The average Bonchev–Trinajstić information content (AvgIpc) is 3.52. The summed E-state index contributed by atoms with van der Waals surface area (Å²) in [5.74, 6) is -1.51. The van der Waals surface area contributed by atoms with E-state index in [-0.39, 0.29) is 23.3 Å². The van der Waals surface area contributed by atoms with Crippen LogP contribution in [0.15, 0.2) is 78.3 Å². The molecule has 1 N–H and O–H groups in total. The molecule has 1 atom stereocenters. The van der Waals surface area contributed by atoms with Gasteiger partial charge in [0.25, 0.3) is 5.91 Å². The minimum Gasteiger partial charge on any atom is -0.343 e. The Kier molecular flexibility index (Phi) is 10.7. The summed E-state index contributed by atoms with van der Waals surface area (Å²) in [6, 6.07) is 19.2. The maximum atomic E-state index is 13.0. The van der Waals surface area contributed by atoms with Crippen LogP contribution >= 0.6 is 11.3 Å². The van der Waals surface area contributed by atoms with Gasteiger partial charge in [-0.3, -0.25) is 14.6 Å². The van der Waals surface area contributed by atoms with E-state index in [1.165, 1.54) is 23.5 Å². The van der Waals surface area contributed by atoms with E-state index in [4.69, 9.17) is 0 Å². The molecule has 3 heterocycles. The number of likely N-dealkylation sites (tertiary alicyclic amines) is 1. The standard InChI is InChI=1S/C27H28F3N3O2S.C6H7N/c1-3-24(34)33-14-12-20(13-15-33)26-32-23(16-36-26)25(35)31-22-7-5-4-6-21(22)19-10-8-18(9-11-19)17(2)27(28,29)30;1-6-4-2-3-5-7-6/h4-11,16-17,20H,3,12-15H2,1-2H3,(H,31,35);2-5H,1H3. The van der Waals surface area contributed by atoms with E-state index in [1.807, 2.05) is 49.1 Å². The summed E-state index contributed by atoms with van der Waals surface area (Å²) >= 11 is 1.45. The number of hydrogen-bond acceptors (Lipinski definition) is 5. The molecule has 1 saturated heterocycles. The highest BCUT2D eigenvalue weighted by Gasteiger charge is 2.36. The van der Waals surface area contributed by atoms with Gasteiger partial charge in [-0.25, -0.2) is 4.98 Å². The topological polar surface area (TPSA) is 75.2 Å². The number of carbonyl (C=O) groups is 2. The van der Waals surface area contributed by atoms with Gasteiger partial charge in [0.15, 0.2) is 0 Å². The van der Waals surface area contributed by atoms with Crippen LogP contribution < -0.4 is 5.32 Å². The molecule has 1 unspecified atom stereocenters. The number of hydrogen-bond donors (Lipinski definition) is 1. The zero-order chi connectivity index (χ0) is 31.0. The molecule has 1 aliphatic heterocycles. The van der Waals surface area contributed by atoms with Crippen LogP contribution in [0.1, 0.15) is 71.7 Å². The quantitative estimate of drug-likeness (QED) is 0.239. The molecule has 1 fully saturated rings. The van der Waals surface area contributed by atoms with Crippen molar-refractivity contribution in [2.75, 3.05) is 18.4 Å². The molecule has 4 aromatic rings. The number of anilines is 1. The van der Waals surface area contributed by atoms with E-state index in [9.17, 15) is 22.8 Å². The first kappa shape index (κ1) is 31.9. The van der Waals surface area contributed by atoms with Crippen LogP contribution in [-0.4, -0.2) is 45.9 Å². The van der Waals surface area contributed by atoms with E-state index < -0.39 is 12.1 Å². The van der Waals surface area contributed by atoms with Crippen molar-refractivity contribution in [1.82, 2.24) is 14.9 Å². The normalized spacial score (nSPS) is 14.4. The number of nitrogens with zero attached hydrogens (tertiary/aromatic N) is 3. The van der Waals surface area contributed by atoms with Gasteiger partial charge in [0.1, 0.15) is 5.69 Å². The molecule has 2 aromatic heterocycles. The first-order valence-corrected chi connectivity index (χ1v) is 15.1. The zero-order valence-corrected chi connectivity index (χ0v) is 25.2. The lowest BCUT2D eigenvalue weighted by molar-refractivity contribution is -0.146. The number of benzene rings is 2. The molecule has 226 valence electrons. The lowest BCUT2D eigenvalue weighted by Crippen LogP contribution is -2.37. The molecule has 1 aliphatic rings. The molecular weight excluding hydrogens is 573 g/mol. The van der Waals surface area contributed by atoms with Gasteiger partial charge in [-0.15, -0.1) is 11.3 Å². The first-order valence-electron chi connectivity index (χ1n) is 14.2. The van der Waals surface area contributed by atoms with Crippen LogP contribution in [0.3, 0.4) is 0 Å². The number of alkyl halides is 3. The van der Waals surface area contributed by atoms with E-state index in [1.54, 1.807) is 35.8 Å². The minimum absolute atomic E-state index is 0.163. The lowest BCUT2D eigenvalue weighted by atomic mass is 9.96. The number of halogens is 3. The van der Waals surface area contributed by atoms with Crippen LogP contribution in [-0.2, 0) is 4.79 Å². The summed E-state index contributed by atoms with van der Waals surface area (Å²) in [6.45, 7) is 6.37. The summed E-state index contributed by atoms with van der Waals surface area (Å²) in [6.07, 6.45) is -0.359.